The minimum atomic E-state index is -0.760. The van der Waals surface area contributed by atoms with Crippen LogP contribution in [0, 0.1) is 0 Å². The van der Waals surface area contributed by atoms with E-state index in [1.807, 2.05) is 0 Å². The van der Waals surface area contributed by atoms with Crippen LogP contribution in [0.2, 0.25) is 0 Å². The van der Waals surface area contributed by atoms with Gasteiger partial charge in [0.15, 0.2) is 6.10 Å². The monoisotopic (exact) mass is 919 g/mol. The summed E-state index contributed by atoms with van der Waals surface area (Å²) in [7, 11) is 0. The van der Waals surface area contributed by atoms with Crippen molar-refractivity contribution in [1.82, 2.24) is 0 Å². The maximum Gasteiger partial charge on any atom is 0.306 e. The van der Waals surface area contributed by atoms with Crippen LogP contribution in [0.5, 0.6) is 0 Å². The van der Waals surface area contributed by atoms with Gasteiger partial charge in [-0.15, -0.1) is 0 Å². The molecule has 65 heavy (non-hydrogen) atoms. The number of unbranched alkanes of at least 4 members (excludes halogenated alkanes) is 44. The second-order valence-electron chi connectivity index (χ2n) is 20.3. The first-order valence-corrected chi connectivity index (χ1v) is 29.5. The lowest BCUT2D eigenvalue weighted by Crippen LogP contribution is -2.30. The maximum atomic E-state index is 12.8. The Labute approximate surface area is 406 Å². The molecule has 0 saturated heterocycles. The van der Waals surface area contributed by atoms with Crippen LogP contribution >= 0.6 is 0 Å². The van der Waals surface area contributed by atoms with Gasteiger partial charge < -0.3 is 14.2 Å². The third kappa shape index (κ3) is 53.2. The normalized spacial score (nSPS) is 11.9. The van der Waals surface area contributed by atoms with Crippen LogP contribution < -0.4 is 0 Å². The third-order valence-corrected chi connectivity index (χ3v) is 13.6. The minimum absolute atomic E-state index is 0.0613. The number of carbonyl (C=O) groups is 3. The topological polar surface area (TPSA) is 78.9 Å². The van der Waals surface area contributed by atoms with Crippen molar-refractivity contribution in [3.05, 3.63) is 0 Å². The van der Waals surface area contributed by atoms with E-state index in [9.17, 15) is 14.4 Å². The van der Waals surface area contributed by atoms with E-state index in [1.165, 1.54) is 244 Å². The van der Waals surface area contributed by atoms with Crippen LogP contribution in [-0.2, 0) is 28.6 Å². The van der Waals surface area contributed by atoms with Crippen molar-refractivity contribution in [2.24, 2.45) is 0 Å². The van der Waals surface area contributed by atoms with Gasteiger partial charge in [-0.2, -0.15) is 0 Å². The molecule has 0 aromatic heterocycles. The summed E-state index contributed by atoms with van der Waals surface area (Å²) in [6.07, 6.45) is 61.1. The molecule has 0 N–H and O–H groups in total. The van der Waals surface area contributed by atoms with E-state index < -0.39 is 6.10 Å². The van der Waals surface area contributed by atoms with Gasteiger partial charge in [-0.1, -0.05) is 303 Å². The van der Waals surface area contributed by atoms with Crippen LogP contribution in [0.3, 0.4) is 0 Å². The minimum Gasteiger partial charge on any atom is -0.462 e. The first-order chi connectivity index (χ1) is 32.0. The predicted octanol–water partition coefficient (Wildman–Crippen LogP) is 19.5. The van der Waals surface area contributed by atoms with E-state index in [1.54, 1.807) is 0 Å². The van der Waals surface area contributed by atoms with E-state index in [0.29, 0.717) is 19.3 Å². The largest absolute Gasteiger partial charge is 0.462 e. The number of hydrogen-bond donors (Lipinski definition) is 0. The zero-order valence-corrected chi connectivity index (χ0v) is 44.3. The van der Waals surface area contributed by atoms with E-state index in [-0.39, 0.29) is 31.1 Å². The fourth-order valence-electron chi connectivity index (χ4n) is 9.15. The first kappa shape index (κ1) is 63.4. The molecule has 0 aliphatic rings. The number of hydrogen-bond acceptors (Lipinski definition) is 6. The molecule has 6 nitrogen and oxygen atoms in total. The molecule has 0 aromatic rings. The van der Waals surface area contributed by atoms with Crippen molar-refractivity contribution < 1.29 is 28.6 Å². The van der Waals surface area contributed by atoms with E-state index >= 15 is 0 Å². The van der Waals surface area contributed by atoms with Gasteiger partial charge in [0, 0.05) is 19.3 Å². The standard InChI is InChI=1S/C59H114O6/c1-4-7-10-13-16-19-21-23-25-27-29-31-33-35-37-40-43-46-49-52-58(61)64-55-56(54-63-57(60)51-48-45-42-39-18-15-12-9-6-3)65-59(62)53-50-47-44-41-38-36-34-32-30-28-26-24-22-20-17-14-11-8-5-2/h56H,4-55H2,1-3H3. The summed E-state index contributed by atoms with van der Waals surface area (Å²) in [5, 5.41) is 0. The lowest BCUT2D eigenvalue weighted by molar-refractivity contribution is -0.167. The van der Waals surface area contributed by atoms with E-state index in [0.717, 1.165) is 57.8 Å². The number of ether oxygens (including phenoxy) is 3. The lowest BCUT2D eigenvalue weighted by Gasteiger charge is -2.18. The predicted molar refractivity (Wildman–Crippen MR) is 280 cm³/mol. The summed E-state index contributed by atoms with van der Waals surface area (Å²) in [4.78, 5) is 38.0. The molecule has 1 atom stereocenters. The fourth-order valence-corrected chi connectivity index (χ4v) is 9.15. The second-order valence-corrected chi connectivity index (χ2v) is 20.3. The number of carbonyl (C=O) groups excluding carboxylic acids is 3. The van der Waals surface area contributed by atoms with Crippen LogP contribution in [0.15, 0.2) is 0 Å². The van der Waals surface area contributed by atoms with Crippen LogP contribution in [-0.4, -0.2) is 37.2 Å². The highest BCUT2D eigenvalue weighted by atomic mass is 16.6. The Morgan fingerprint density at radius 3 is 0.615 bits per heavy atom. The van der Waals surface area contributed by atoms with Crippen molar-refractivity contribution >= 4 is 17.9 Å². The smallest absolute Gasteiger partial charge is 0.306 e. The highest BCUT2D eigenvalue weighted by molar-refractivity contribution is 5.71. The Balaban J connectivity index is 4.18. The molecule has 0 radical (unpaired) electrons. The van der Waals surface area contributed by atoms with Crippen molar-refractivity contribution in [3.8, 4) is 0 Å². The average molecular weight is 920 g/mol. The first-order valence-electron chi connectivity index (χ1n) is 29.5. The van der Waals surface area contributed by atoms with Crippen molar-refractivity contribution in [2.45, 2.75) is 348 Å². The van der Waals surface area contributed by atoms with Crippen molar-refractivity contribution in [3.63, 3.8) is 0 Å². The van der Waals surface area contributed by atoms with Gasteiger partial charge in [0.25, 0.3) is 0 Å². The third-order valence-electron chi connectivity index (χ3n) is 13.6. The summed E-state index contributed by atoms with van der Waals surface area (Å²) in [5.74, 6) is -0.835. The van der Waals surface area contributed by atoms with Crippen LogP contribution in [0.25, 0.3) is 0 Å². The molecule has 0 aromatic carbocycles. The van der Waals surface area contributed by atoms with E-state index in [4.69, 9.17) is 14.2 Å². The molecular formula is C59H114O6. The van der Waals surface area contributed by atoms with Crippen molar-refractivity contribution in [1.29, 1.82) is 0 Å². The van der Waals surface area contributed by atoms with Crippen molar-refractivity contribution in [2.75, 3.05) is 13.2 Å². The summed E-state index contributed by atoms with van der Waals surface area (Å²) in [5.41, 5.74) is 0. The molecule has 0 bridgehead atoms. The molecule has 0 aliphatic carbocycles. The number of rotatable bonds is 55. The van der Waals surface area contributed by atoms with Gasteiger partial charge >= 0.3 is 17.9 Å². The summed E-state index contributed by atoms with van der Waals surface area (Å²) < 4.78 is 16.9. The van der Waals surface area contributed by atoms with E-state index in [2.05, 4.69) is 20.8 Å². The number of esters is 3. The molecule has 0 spiro atoms. The average Bonchev–Trinajstić information content (AvgIpc) is 3.30. The molecule has 0 amide bonds. The molecular weight excluding hydrogens is 805 g/mol. The Morgan fingerprint density at radius 1 is 0.246 bits per heavy atom. The van der Waals surface area contributed by atoms with Gasteiger partial charge in [-0.25, -0.2) is 0 Å². The van der Waals surface area contributed by atoms with Gasteiger partial charge in [0.2, 0.25) is 0 Å². The molecule has 0 fully saturated rings. The van der Waals surface area contributed by atoms with Gasteiger partial charge in [0.1, 0.15) is 13.2 Å². The second kappa shape index (κ2) is 55.0. The zero-order chi connectivity index (χ0) is 47.2. The molecule has 1 unspecified atom stereocenters. The van der Waals surface area contributed by atoms with Gasteiger partial charge in [-0.3, -0.25) is 14.4 Å². The van der Waals surface area contributed by atoms with Gasteiger partial charge in [-0.05, 0) is 19.3 Å². The van der Waals surface area contributed by atoms with Gasteiger partial charge in [0.05, 0.1) is 0 Å². The van der Waals surface area contributed by atoms with Crippen LogP contribution in [0.4, 0.5) is 0 Å². The summed E-state index contributed by atoms with van der Waals surface area (Å²) >= 11 is 0. The molecule has 6 heteroatoms. The Hall–Kier alpha value is -1.59. The molecule has 386 valence electrons. The molecule has 0 saturated carbocycles. The zero-order valence-electron chi connectivity index (χ0n) is 44.3. The molecule has 0 rings (SSSR count). The quantitative estimate of drug-likeness (QED) is 0.0344. The Bertz CT molecular complexity index is 967. The Kier molecular flexibility index (Phi) is 53.7. The highest BCUT2D eigenvalue weighted by Crippen LogP contribution is 2.18. The van der Waals surface area contributed by atoms with Crippen LogP contribution in [0.1, 0.15) is 342 Å². The fraction of sp³-hybridized carbons (Fsp3) is 0.949. The summed E-state index contributed by atoms with van der Waals surface area (Å²) in [6, 6.07) is 0. The Morgan fingerprint density at radius 2 is 0.415 bits per heavy atom. The highest BCUT2D eigenvalue weighted by Gasteiger charge is 2.19. The molecule has 0 aliphatic heterocycles. The SMILES string of the molecule is CCCCCCCCCCCCCCCCCCCCCC(=O)OCC(COC(=O)CCCCCCCCCCC)OC(=O)CCCCCCCCCCCCCCCCCCCCC. The molecule has 0 heterocycles. The summed E-state index contributed by atoms with van der Waals surface area (Å²) in [6.45, 7) is 6.69. The lowest BCUT2D eigenvalue weighted by atomic mass is 10.0. The maximum absolute atomic E-state index is 12.8.